The first-order chi connectivity index (χ1) is 13.8. The van der Waals surface area contributed by atoms with Crippen LogP contribution < -0.4 is 9.64 Å². The van der Waals surface area contributed by atoms with Crippen molar-refractivity contribution < 1.29 is 28.0 Å². The number of nitro groups is 1. The summed E-state index contributed by atoms with van der Waals surface area (Å²) < 4.78 is 37.0. The lowest BCUT2D eigenvalue weighted by Crippen LogP contribution is -2.38. The second-order valence-electron chi connectivity index (χ2n) is 6.29. The molecule has 1 aliphatic rings. The van der Waals surface area contributed by atoms with E-state index in [2.05, 4.69) is 9.72 Å². The number of pyridine rings is 1. The number of hydrogen-bond donors (Lipinski definition) is 0. The average molecular weight is 428 g/mol. The van der Waals surface area contributed by atoms with Crippen LogP contribution in [0.3, 0.4) is 0 Å². The summed E-state index contributed by atoms with van der Waals surface area (Å²) in [5.41, 5.74) is -0.421. The van der Waals surface area contributed by atoms with Crippen molar-refractivity contribution in [2.75, 3.05) is 25.1 Å². The molecule has 2 aromatic rings. The summed E-state index contributed by atoms with van der Waals surface area (Å²) in [4.78, 5) is 28.0. The highest BCUT2D eigenvalue weighted by Crippen LogP contribution is 2.36. The lowest BCUT2D eigenvalue weighted by Gasteiger charge is -2.33. The van der Waals surface area contributed by atoms with Gasteiger partial charge in [-0.15, -0.1) is 0 Å². The zero-order valence-electron chi connectivity index (χ0n) is 15.2. The molecule has 3 rings (SSSR count). The van der Waals surface area contributed by atoms with Gasteiger partial charge >= 0.3 is 11.7 Å². The number of piperidine rings is 1. The smallest absolute Gasteiger partial charge is 0.356 e. The monoisotopic (exact) mass is 427 g/mol. The summed E-state index contributed by atoms with van der Waals surface area (Å²) >= 11 is 5.93. The Balaban J connectivity index is 1.78. The number of hydrogen-bond acceptors (Lipinski definition) is 7. The zero-order valence-corrected chi connectivity index (χ0v) is 16.0. The van der Waals surface area contributed by atoms with E-state index in [4.69, 9.17) is 16.3 Å². The van der Waals surface area contributed by atoms with Crippen molar-refractivity contribution >= 4 is 28.9 Å². The van der Waals surface area contributed by atoms with E-state index < -0.39 is 33.4 Å². The molecule has 8 nitrogen and oxygen atoms in total. The molecule has 154 valence electrons. The summed E-state index contributed by atoms with van der Waals surface area (Å²) in [7, 11) is 1.16. The van der Waals surface area contributed by atoms with Crippen LogP contribution in [0.15, 0.2) is 24.3 Å². The Kier molecular flexibility index (Phi) is 6.12. The van der Waals surface area contributed by atoms with Crippen molar-refractivity contribution in [3.8, 4) is 5.75 Å². The Hall–Kier alpha value is -3.01. The van der Waals surface area contributed by atoms with E-state index in [0.29, 0.717) is 25.9 Å². The third-order valence-electron chi connectivity index (χ3n) is 4.48. The molecule has 0 amide bonds. The number of carbonyl (C=O) groups excluding carboxylic acids is 1. The van der Waals surface area contributed by atoms with Gasteiger partial charge in [0.2, 0.25) is 5.15 Å². The average Bonchev–Trinajstić information content (AvgIpc) is 2.69. The van der Waals surface area contributed by atoms with Gasteiger partial charge in [0.25, 0.3) is 0 Å². The maximum atomic E-state index is 13.8. The van der Waals surface area contributed by atoms with Gasteiger partial charge in [-0.05, 0) is 12.1 Å². The first kappa shape index (κ1) is 20.7. The number of aromatic nitrogens is 1. The number of rotatable bonds is 5. The SMILES string of the molecule is COC(=O)c1cc(N2CCC(Oc3ccc(F)cc3F)CC2)c([N+](=O)[O-])c(Cl)n1. The second-order valence-corrected chi connectivity index (χ2v) is 6.65. The minimum absolute atomic E-state index is 0.0595. The molecule has 0 unspecified atom stereocenters. The van der Waals surface area contributed by atoms with Gasteiger partial charge in [-0.2, -0.15) is 0 Å². The van der Waals surface area contributed by atoms with Gasteiger partial charge in [0, 0.05) is 38.1 Å². The number of carbonyl (C=O) groups is 1. The molecule has 1 fully saturated rings. The normalized spacial score (nSPS) is 14.6. The first-order valence-electron chi connectivity index (χ1n) is 8.60. The fourth-order valence-corrected chi connectivity index (χ4v) is 3.34. The van der Waals surface area contributed by atoms with Crippen molar-refractivity contribution in [2.45, 2.75) is 18.9 Å². The lowest BCUT2D eigenvalue weighted by atomic mass is 10.1. The van der Waals surface area contributed by atoms with E-state index >= 15 is 0 Å². The van der Waals surface area contributed by atoms with Gasteiger partial charge in [0.15, 0.2) is 17.3 Å². The number of ether oxygens (including phenoxy) is 2. The summed E-state index contributed by atoms with van der Waals surface area (Å²) in [6.45, 7) is 0.657. The number of methoxy groups -OCH3 is 1. The zero-order chi connectivity index (χ0) is 21.1. The van der Waals surface area contributed by atoms with Gasteiger partial charge in [0.1, 0.15) is 17.6 Å². The predicted octanol–water partition coefficient (Wildman–Crippen LogP) is 3.76. The largest absolute Gasteiger partial charge is 0.487 e. The Bertz CT molecular complexity index is 951. The Labute approximate surface area is 169 Å². The highest BCUT2D eigenvalue weighted by Gasteiger charge is 2.31. The molecule has 29 heavy (non-hydrogen) atoms. The molecule has 1 saturated heterocycles. The highest BCUT2D eigenvalue weighted by molar-refractivity contribution is 6.32. The Morgan fingerprint density at radius 2 is 2.00 bits per heavy atom. The third-order valence-corrected chi connectivity index (χ3v) is 4.74. The molecule has 0 radical (unpaired) electrons. The van der Waals surface area contributed by atoms with Crippen molar-refractivity contribution in [2.24, 2.45) is 0 Å². The fourth-order valence-electron chi connectivity index (χ4n) is 3.08. The molecular formula is C18H16ClF2N3O5. The summed E-state index contributed by atoms with van der Waals surface area (Å²) in [5.74, 6) is -2.33. The molecule has 0 saturated carbocycles. The number of anilines is 1. The number of halogens is 3. The standard InChI is InChI=1S/C18H16ClF2N3O5/c1-28-18(25)13-9-14(16(24(26)27)17(19)22-13)23-6-4-11(5-7-23)29-15-3-2-10(20)8-12(15)21/h2-3,8-9,11H,4-7H2,1H3. The molecule has 11 heteroatoms. The van der Waals surface area contributed by atoms with E-state index in [9.17, 15) is 23.7 Å². The topological polar surface area (TPSA) is 94.8 Å². The third kappa shape index (κ3) is 4.53. The maximum absolute atomic E-state index is 13.8. The van der Waals surface area contributed by atoms with Gasteiger partial charge < -0.3 is 14.4 Å². The summed E-state index contributed by atoms with van der Waals surface area (Å²) in [6.07, 6.45) is 0.478. The minimum Gasteiger partial charge on any atom is -0.487 e. The molecule has 0 atom stereocenters. The molecule has 0 bridgehead atoms. The molecule has 2 heterocycles. The van der Waals surface area contributed by atoms with Gasteiger partial charge in [-0.25, -0.2) is 18.6 Å². The summed E-state index contributed by atoms with van der Waals surface area (Å²) in [6, 6.07) is 4.31. The number of esters is 1. The van der Waals surface area contributed by atoms with Crippen LogP contribution in [0.4, 0.5) is 20.2 Å². The predicted molar refractivity (Wildman–Crippen MR) is 99.5 cm³/mol. The second kappa shape index (κ2) is 8.56. The Morgan fingerprint density at radius 3 is 2.59 bits per heavy atom. The minimum atomic E-state index is -0.799. The van der Waals surface area contributed by atoms with E-state index in [-0.39, 0.29) is 23.2 Å². The van der Waals surface area contributed by atoms with E-state index in [1.807, 2.05) is 0 Å². The van der Waals surface area contributed by atoms with Crippen LogP contribution in [0.1, 0.15) is 23.3 Å². The molecule has 0 spiro atoms. The van der Waals surface area contributed by atoms with Gasteiger partial charge in [-0.3, -0.25) is 10.1 Å². The van der Waals surface area contributed by atoms with Crippen LogP contribution in [-0.4, -0.2) is 42.2 Å². The van der Waals surface area contributed by atoms with Crippen LogP contribution in [0.2, 0.25) is 5.15 Å². The molecule has 1 aromatic heterocycles. The van der Waals surface area contributed by atoms with Crippen LogP contribution >= 0.6 is 11.6 Å². The Morgan fingerprint density at radius 1 is 1.31 bits per heavy atom. The van der Waals surface area contributed by atoms with Crippen LogP contribution in [-0.2, 0) is 4.74 Å². The van der Waals surface area contributed by atoms with Crippen molar-refractivity contribution in [1.82, 2.24) is 4.98 Å². The van der Waals surface area contributed by atoms with Crippen LogP contribution in [0, 0.1) is 21.7 Å². The van der Waals surface area contributed by atoms with Gasteiger partial charge in [-0.1, -0.05) is 11.6 Å². The molecule has 1 aromatic carbocycles. The number of benzene rings is 1. The van der Waals surface area contributed by atoms with Crippen molar-refractivity contribution in [3.63, 3.8) is 0 Å². The molecule has 0 aliphatic carbocycles. The van der Waals surface area contributed by atoms with E-state index in [1.165, 1.54) is 12.1 Å². The van der Waals surface area contributed by atoms with Crippen molar-refractivity contribution in [3.05, 3.63) is 56.9 Å². The molecular weight excluding hydrogens is 412 g/mol. The molecule has 0 N–H and O–H groups in total. The van der Waals surface area contributed by atoms with Crippen molar-refractivity contribution in [1.29, 1.82) is 0 Å². The van der Waals surface area contributed by atoms with Gasteiger partial charge in [0.05, 0.1) is 12.0 Å². The van der Waals surface area contributed by atoms with E-state index in [1.54, 1.807) is 4.90 Å². The lowest BCUT2D eigenvalue weighted by molar-refractivity contribution is -0.384. The van der Waals surface area contributed by atoms with Crippen LogP contribution in [0.25, 0.3) is 0 Å². The fraction of sp³-hybridized carbons (Fsp3) is 0.333. The quantitative estimate of drug-likeness (QED) is 0.310. The summed E-state index contributed by atoms with van der Waals surface area (Å²) in [5, 5.41) is 11.0. The first-order valence-corrected chi connectivity index (χ1v) is 8.98. The van der Waals surface area contributed by atoms with E-state index in [0.717, 1.165) is 19.2 Å². The maximum Gasteiger partial charge on any atom is 0.356 e. The highest BCUT2D eigenvalue weighted by atomic mass is 35.5. The number of nitrogens with zero attached hydrogens (tertiary/aromatic N) is 3. The molecule has 1 aliphatic heterocycles. The van der Waals surface area contributed by atoms with Crippen LogP contribution in [0.5, 0.6) is 5.75 Å².